The van der Waals surface area contributed by atoms with Gasteiger partial charge in [-0.25, -0.2) is 0 Å². The summed E-state index contributed by atoms with van der Waals surface area (Å²) in [6, 6.07) is 6.10. The maximum atomic E-state index is 11.3. The van der Waals surface area contributed by atoms with E-state index in [9.17, 15) is 20.0 Å². The van der Waals surface area contributed by atoms with Crippen molar-refractivity contribution in [1.29, 1.82) is 0 Å². The molecule has 0 aliphatic heterocycles. The monoisotopic (exact) mass is 221 g/mol. The molecule has 1 aromatic carbocycles. The van der Waals surface area contributed by atoms with E-state index in [4.69, 9.17) is 0 Å². The zero-order valence-corrected chi connectivity index (χ0v) is 8.55. The fourth-order valence-electron chi connectivity index (χ4n) is 2.17. The average Bonchev–Trinajstić information content (AvgIpc) is 2.15. The van der Waals surface area contributed by atoms with E-state index in [0.29, 0.717) is 18.4 Å². The summed E-state index contributed by atoms with van der Waals surface area (Å²) in [4.78, 5) is 21.6. The number of carboxylic acids is 1. The van der Waals surface area contributed by atoms with Gasteiger partial charge in [-0.05, 0) is 12.8 Å². The Bertz CT molecular complexity index is 451. The van der Waals surface area contributed by atoms with Crippen molar-refractivity contribution in [1.82, 2.24) is 0 Å². The third kappa shape index (κ3) is 1.36. The summed E-state index contributed by atoms with van der Waals surface area (Å²) in [7, 11) is 0. The van der Waals surface area contributed by atoms with E-state index in [-0.39, 0.29) is 5.69 Å². The van der Waals surface area contributed by atoms with Crippen molar-refractivity contribution in [3.8, 4) is 0 Å². The highest BCUT2D eigenvalue weighted by Gasteiger charge is 2.49. The lowest BCUT2D eigenvalue weighted by Gasteiger charge is -2.37. The van der Waals surface area contributed by atoms with Gasteiger partial charge in [0.15, 0.2) is 0 Å². The highest BCUT2D eigenvalue weighted by Crippen LogP contribution is 2.46. The number of benzene rings is 1. The first-order chi connectivity index (χ1) is 7.58. The molecule has 0 aromatic heterocycles. The van der Waals surface area contributed by atoms with Gasteiger partial charge < -0.3 is 5.11 Å². The van der Waals surface area contributed by atoms with Crippen LogP contribution in [0, 0.1) is 10.1 Å². The van der Waals surface area contributed by atoms with Crippen LogP contribution in [0.2, 0.25) is 0 Å². The van der Waals surface area contributed by atoms with Gasteiger partial charge in [0.1, 0.15) is 0 Å². The molecule has 1 aromatic rings. The zero-order chi connectivity index (χ0) is 11.8. The van der Waals surface area contributed by atoms with Gasteiger partial charge in [-0.2, -0.15) is 0 Å². The Labute approximate surface area is 91.9 Å². The number of hydrogen-bond acceptors (Lipinski definition) is 3. The molecule has 84 valence electrons. The van der Waals surface area contributed by atoms with Gasteiger partial charge in [-0.15, -0.1) is 0 Å². The molecule has 0 saturated heterocycles. The van der Waals surface area contributed by atoms with Gasteiger partial charge in [-0.3, -0.25) is 14.9 Å². The number of nitro benzene ring substituents is 1. The summed E-state index contributed by atoms with van der Waals surface area (Å²) >= 11 is 0. The molecule has 1 aliphatic carbocycles. The normalized spacial score (nSPS) is 17.5. The first-order valence-electron chi connectivity index (χ1n) is 5.05. The molecule has 2 rings (SSSR count). The van der Waals surface area contributed by atoms with Crippen molar-refractivity contribution >= 4 is 11.7 Å². The number of carboxylic acid groups (broad SMARTS) is 1. The van der Waals surface area contributed by atoms with Crippen LogP contribution in [0.4, 0.5) is 5.69 Å². The summed E-state index contributed by atoms with van der Waals surface area (Å²) in [6.45, 7) is 0. The highest BCUT2D eigenvalue weighted by molar-refractivity contribution is 5.84. The molecule has 5 nitrogen and oxygen atoms in total. The number of aliphatic carboxylic acids is 1. The number of nitrogens with zero attached hydrogens (tertiary/aromatic N) is 1. The fourth-order valence-corrected chi connectivity index (χ4v) is 2.17. The largest absolute Gasteiger partial charge is 0.481 e. The Morgan fingerprint density at radius 2 is 2.00 bits per heavy atom. The van der Waals surface area contributed by atoms with Crippen molar-refractivity contribution in [3.63, 3.8) is 0 Å². The summed E-state index contributed by atoms with van der Waals surface area (Å²) in [6.07, 6.45) is 1.76. The van der Waals surface area contributed by atoms with E-state index in [2.05, 4.69) is 0 Å². The Balaban J connectivity index is 2.54. The van der Waals surface area contributed by atoms with Gasteiger partial charge in [0.2, 0.25) is 0 Å². The third-order valence-electron chi connectivity index (χ3n) is 3.23. The standard InChI is InChI=1S/C11H11NO4/c13-10(14)11(6-3-7-11)8-4-1-2-5-9(8)12(15)16/h1-2,4-5H,3,6-7H2,(H,13,14). The van der Waals surface area contributed by atoms with Crippen LogP contribution in [0.5, 0.6) is 0 Å². The molecule has 0 atom stereocenters. The smallest absolute Gasteiger partial charge is 0.314 e. The maximum Gasteiger partial charge on any atom is 0.314 e. The van der Waals surface area contributed by atoms with Gasteiger partial charge >= 0.3 is 5.97 Å². The van der Waals surface area contributed by atoms with Crippen LogP contribution in [-0.2, 0) is 10.2 Å². The van der Waals surface area contributed by atoms with E-state index in [0.717, 1.165) is 6.42 Å². The number of hydrogen-bond donors (Lipinski definition) is 1. The maximum absolute atomic E-state index is 11.3. The van der Waals surface area contributed by atoms with Crippen LogP contribution in [0.15, 0.2) is 24.3 Å². The molecule has 0 bridgehead atoms. The van der Waals surface area contributed by atoms with Crippen LogP contribution in [-0.4, -0.2) is 16.0 Å². The molecule has 1 N–H and O–H groups in total. The fraction of sp³-hybridized carbons (Fsp3) is 0.364. The lowest BCUT2D eigenvalue weighted by molar-refractivity contribution is -0.386. The quantitative estimate of drug-likeness (QED) is 0.626. The van der Waals surface area contributed by atoms with Crippen molar-refractivity contribution in [2.45, 2.75) is 24.7 Å². The topological polar surface area (TPSA) is 80.4 Å². The first kappa shape index (κ1) is 10.6. The summed E-state index contributed by atoms with van der Waals surface area (Å²) in [5.74, 6) is -0.965. The van der Waals surface area contributed by atoms with Gasteiger partial charge in [0, 0.05) is 11.6 Å². The molecular formula is C11H11NO4. The van der Waals surface area contributed by atoms with Crippen molar-refractivity contribution in [2.24, 2.45) is 0 Å². The predicted molar refractivity (Wildman–Crippen MR) is 56.3 cm³/mol. The minimum Gasteiger partial charge on any atom is -0.481 e. The predicted octanol–water partition coefficient (Wildman–Crippen LogP) is 2.10. The van der Waals surface area contributed by atoms with E-state index < -0.39 is 16.3 Å². The van der Waals surface area contributed by atoms with E-state index >= 15 is 0 Å². The number of carbonyl (C=O) groups is 1. The second-order valence-electron chi connectivity index (χ2n) is 4.02. The SMILES string of the molecule is O=C(O)C1(c2ccccc2[N+](=O)[O-])CCC1. The van der Waals surface area contributed by atoms with Crippen molar-refractivity contribution in [3.05, 3.63) is 39.9 Å². The Hall–Kier alpha value is -1.91. The molecule has 1 saturated carbocycles. The Kier molecular flexibility index (Phi) is 2.38. The van der Waals surface area contributed by atoms with Crippen molar-refractivity contribution < 1.29 is 14.8 Å². The third-order valence-corrected chi connectivity index (χ3v) is 3.23. The van der Waals surface area contributed by atoms with E-state index in [1.165, 1.54) is 6.07 Å². The molecule has 0 radical (unpaired) electrons. The molecule has 0 amide bonds. The van der Waals surface area contributed by atoms with E-state index in [1.54, 1.807) is 18.2 Å². The van der Waals surface area contributed by atoms with Gasteiger partial charge in [0.25, 0.3) is 5.69 Å². The Morgan fingerprint density at radius 3 is 2.44 bits per heavy atom. The summed E-state index contributed by atoms with van der Waals surface area (Å²) < 4.78 is 0. The van der Waals surface area contributed by atoms with Crippen LogP contribution in [0.1, 0.15) is 24.8 Å². The molecule has 16 heavy (non-hydrogen) atoms. The molecule has 5 heteroatoms. The molecule has 0 spiro atoms. The zero-order valence-electron chi connectivity index (χ0n) is 8.55. The minimum atomic E-state index is -1.04. The van der Waals surface area contributed by atoms with Crippen molar-refractivity contribution in [2.75, 3.05) is 0 Å². The van der Waals surface area contributed by atoms with Crippen LogP contribution >= 0.6 is 0 Å². The number of rotatable bonds is 3. The first-order valence-corrected chi connectivity index (χ1v) is 5.05. The second-order valence-corrected chi connectivity index (χ2v) is 4.02. The molecule has 0 heterocycles. The van der Waals surface area contributed by atoms with E-state index in [1.807, 2.05) is 0 Å². The van der Waals surface area contributed by atoms with Crippen LogP contribution in [0.3, 0.4) is 0 Å². The van der Waals surface area contributed by atoms with Gasteiger partial charge in [-0.1, -0.05) is 24.6 Å². The van der Waals surface area contributed by atoms with Crippen LogP contribution < -0.4 is 0 Å². The number of nitro groups is 1. The molecule has 0 unspecified atom stereocenters. The summed E-state index contributed by atoms with van der Waals surface area (Å²) in [5, 5.41) is 20.1. The van der Waals surface area contributed by atoms with Gasteiger partial charge in [0.05, 0.1) is 10.3 Å². The average molecular weight is 221 g/mol. The second kappa shape index (κ2) is 3.59. The molecule has 1 fully saturated rings. The summed E-state index contributed by atoms with van der Waals surface area (Å²) in [5.41, 5.74) is -0.799. The molecular weight excluding hydrogens is 210 g/mol. The highest BCUT2D eigenvalue weighted by atomic mass is 16.6. The lowest BCUT2D eigenvalue weighted by atomic mass is 9.64. The molecule has 1 aliphatic rings. The van der Waals surface area contributed by atoms with Crippen LogP contribution in [0.25, 0.3) is 0 Å². The lowest BCUT2D eigenvalue weighted by Crippen LogP contribution is -2.42. The minimum absolute atomic E-state index is 0.0930. The Morgan fingerprint density at radius 1 is 1.38 bits per heavy atom. The number of para-hydroxylation sites is 1.